The summed E-state index contributed by atoms with van der Waals surface area (Å²) in [6, 6.07) is 3.67. The summed E-state index contributed by atoms with van der Waals surface area (Å²) in [6.45, 7) is 7.81. The first-order valence-electron chi connectivity index (χ1n) is 8.94. The molecule has 1 atom stereocenters. The first kappa shape index (κ1) is 16.9. The number of nitrogens with one attached hydrogen (secondary N) is 2. The van der Waals surface area contributed by atoms with Crippen LogP contribution in [-0.2, 0) is 6.42 Å². The molecule has 0 spiro atoms. The summed E-state index contributed by atoms with van der Waals surface area (Å²) in [6.07, 6.45) is 4.12. The largest absolute Gasteiger partial charge is 0.322 e. The normalized spacial score (nSPS) is 17.3. The fraction of sp³-hybridized carbons (Fsp3) is 0.500. The molecule has 2 aromatic rings. The van der Waals surface area contributed by atoms with Crippen molar-refractivity contribution in [3.63, 3.8) is 0 Å². The molecule has 0 aliphatic heterocycles. The van der Waals surface area contributed by atoms with E-state index in [1.807, 2.05) is 13.8 Å². The Morgan fingerprint density at radius 2 is 2.00 bits per heavy atom. The number of Topliss-reactive ketones (excluding diaryl/α,β-unsaturated/α-hetero) is 1. The van der Waals surface area contributed by atoms with Crippen molar-refractivity contribution < 1.29 is 4.79 Å². The number of hydrogen-bond acceptors (Lipinski definition) is 3. The van der Waals surface area contributed by atoms with Crippen molar-refractivity contribution in [3.05, 3.63) is 44.7 Å². The van der Waals surface area contributed by atoms with E-state index in [1.165, 1.54) is 0 Å². The van der Waals surface area contributed by atoms with Crippen LogP contribution in [0, 0.1) is 19.8 Å². The standard InChI is InChI=1S/C20H26N2O2/c1-4-5-8-21-11-15-7-6-14-9-13(3)19-17(18(14)20(15)24)12(2)10-16(23)22-19/h9-10,15,21H,4-8,11H2,1-3H3,(H,22,23). The summed E-state index contributed by atoms with van der Waals surface area (Å²) in [5.74, 6) is 0.256. The summed E-state index contributed by atoms with van der Waals surface area (Å²) in [5.41, 5.74) is 4.59. The summed E-state index contributed by atoms with van der Waals surface area (Å²) in [4.78, 5) is 27.9. The average Bonchev–Trinajstić information content (AvgIpc) is 2.54. The molecule has 0 bridgehead atoms. The highest BCUT2D eigenvalue weighted by molar-refractivity contribution is 6.12. The van der Waals surface area contributed by atoms with E-state index in [9.17, 15) is 9.59 Å². The van der Waals surface area contributed by atoms with Gasteiger partial charge in [-0.1, -0.05) is 19.4 Å². The minimum Gasteiger partial charge on any atom is -0.322 e. The van der Waals surface area contributed by atoms with Gasteiger partial charge in [0.25, 0.3) is 0 Å². The molecule has 2 N–H and O–H groups in total. The van der Waals surface area contributed by atoms with E-state index in [4.69, 9.17) is 0 Å². The highest BCUT2D eigenvalue weighted by Gasteiger charge is 2.30. The number of carbonyl (C=O) groups excluding carboxylic acids is 1. The molecule has 4 nitrogen and oxygen atoms in total. The lowest BCUT2D eigenvalue weighted by molar-refractivity contribution is 0.0902. The van der Waals surface area contributed by atoms with E-state index in [2.05, 4.69) is 23.3 Å². The predicted molar refractivity (Wildman–Crippen MR) is 98.0 cm³/mol. The van der Waals surface area contributed by atoms with E-state index < -0.39 is 0 Å². The van der Waals surface area contributed by atoms with Gasteiger partial charge in [0.1, 0.15) is 0 Å². The summed E-state index contributed by atoms with van der Waals surface area (Å²) in [7, 11) is 0. The Labute approximate surface area is 142 Å². The number of ketones is 1. The summed E-state index contributed by atoms with van der Waals surface area (Å²) in [5, 5.41) is 4.36. The van der Waals surface area contributed by atoms with Gasteiger partial charge >= 0.3 is 0 Å². The highest BCUT2D eigenvalue weighted by Crippen LogP contribution is 2.33. The van der Waals surface area contributed by atoms with Crippen LogP contribution < -0.4 is 10.9 Å². The zero-order valence-electron chi connectivity index (χ0n) is 14.8. The number of fused-ring (bicyclic) bond motifs is 3. The quantitative estimate of drug-likeness (QED) is 0.829. The monoisotopic (exact) mass is 326 g/mol. The van der Waals surface area contributed by atoms with Gasteiger partial charge in [-0.2, -0.15) is 0 Å². The van der Waals surface area contributed by atoms with Gasteiger partial charge in [0.05, 0.1) is 5.52 Å². The lowest BCUT2D eigenvalue weighted by Crippen LogP contribution is -2.33. The fourth-order valence-corrected chi connectivity index (χ4v) is 3.79. The van der Waals surface area contributed by atoms with Crippen molar-refractivity contribution in [2.24, 2.45) is 5.92 Å². The van der Waals surface area contributed by atoms with Crippen LogP contribution in [0.4, 0.5) is 0 Å². The topological polar surface area (TPSA) is 62.0 Å². The number of benzene rings is 1. The number of aromatic nitrogens is 1. The molecule has 0 saturated carbocycles. The van der Waals surface area contributed by atoms with Crippen LogP contribution in [0.25, 0.3) is 10.9 Å². The predicted octanol–water partition coefficient (Wildman–Crippen LogP) is 3.28. The molecule has 0 fully saturated rings. The number of rotatable bonds is 5. The minimum absolute atomic E-state index is 0.0339. The molecule has 1 aliphatic rings. The van der Waals surface area contributed by atoms with E-state index in [0.717, 1.165) is 71.9 Å². The first-order chi connectivity index (χ1) is 11.5. The maximum Gasteiger partial charge on any atom is 0.248 e. The van der Waals surface area contributed by atoms with Crippen LogP contribution in [0.3, 0.4) is 0 Å². The third kappa shape index (κ3) is 3.03. The zero-order valence-corrected chi connectivity index (χ0v) is 14.8. The third-order valence-corrected chi connectivity index (χ3v) is 5.07. The molecule has 1 aromatic heterocycles. The van der Waals surface area contributed by atoms with Crippen LogP contribution in [0.5, 0.6) is 0 Å². The Morgan fingerprint density at radius 1 is 1.21 bits per heavy atom. The van der Waals surface area contributed by atoms with Gasteiger partial charge in [0.15, 0.2) is 5.78 Å². The van der Waals surface area contributed by atoms with Crippen molar-refractivity contribution in [3.8, 4) is 0 Å². The van der Waals surface area contributed by atoms with Gasteiger partial charge in [-0.15, -0.1) is 0 Å². The molecule has 24 heavy (non-hydrogen) atoms. The van der Waals surface area contributed by atoms with Crippen molar-refractivity contribution in [2.45, 2.75) is 46.5 Å². The molecule has 3 rings (SSSR count). The fourth-order valence-electron chi connectivity index (χ4n) is 3.79. The Balaban J connectivity index is 2.01. The van der Waals surface area contributed by atoms with Crippen LogP contribution in [0.2, 0.25) is 0 Å². The molecule has 1 aromatic carbocycles. The Morgan fingerprint density at radius 3 is 2.75 bits per heavy atom. The number of H-pyrrole nitrogens is 1. The number of pyridine rings is 1. The van der Waals surface area contributed by atoms with Crippen molar-refractivity contribution in [1.29, 1.82) is 0 Å². The number of aromatic amines is 1. The molecule has 1 aliphatic carbocycles. The Kier molecular flexibility index (Phi) is 4.86. The van der Waals surface area contributed by atoms with Gasteiger partial charge in [-0.3, -0.25) is 9.59 Å². The van der Waals surface area contributed by atoms with E-state index in [-0.39, 0.29) is 17.3 Å². The number of unbranched alkanes of at least 4 members (excludes halogenated alkanes) is 1. The maximum absolute atomic E-state index is 13.1. The van der Waals surface area contributed by atoms with Crippen LogP contribution in [0.1, 0.15) is 53.2 Å². The molecule has 1 heterocycles. The SMILES string of the molecule is CCCCNCC1CCc2cc(C)c3[nH]c(=O)cc(C)c3c2C1=O. The number of aryl methyl sites for hydroxylation is 3. The van der Waals surface area contributed by atoms with Gasteiger partial charge in [0.2, 0.25) is 5.56 Å². The molecule has 4 heteroatoms. The molecule has 0 amide bonds. The van der Waals surface area contributed by atoms with Crippen molar-refractivity contribution >= 4 is 16.7 Å². The maximum atomic E-state index is 13.1. The van der Waals surface area contributed by atoms with Crippen LogP contribution in [-0.4, -0.2) is 23.9 Å². The third-order valence-electron chi connectivity index (χ3n) is 5.07. The first-order valence-corrected chi connectivity index (χ1v) is 8.94. The summed E-state index contributed by atoms with van der Waals surface area (Å²) < 4.78 is 0. The zero-order chi connectivity index (χ0) is 17.3. The van der Waals surface area contributed by atoms with Crippen LogP contribution in [0.15, 0.2) is 16.9 Å². The van der Waals surface area contributed by atoms with Crippen molar-refractivity contribution in [2.75, 3.05) is 13.1 Å². The molecule has 0 radical (unpaired) electrons. The number of hydrogen-bond donors (Lipinski definition) is 2. The molecular weight excluding hydrogens is 300 g/mol. The van der Waals surface area contributed by atoms with Crippen LogP contribution >= 0.6 is 0 Å². The number of carbonyl (C=O) groups is 1. The molecular formula is C20H26N2O2. The molecule has 128 valence electrons. The van der Waals surface area contributed by atoms with Gasteiger partial charge < -0.3 is 10.3 Å². The summed E-state index contributed by atoms with van der Waals surface area (Å²) >= 11 is 0. The molecule has 0 saturated heterocycles. The Hall–Kier alpha value is -1.94. The van der Waals surface area contributed by atoms with E-state index in [1.54, 1.807) is 6.07 Å². The van der Waals surface area contributed by atoms with Gasteiger partial charge in [-0.05, 0) is 56.3 Å². The second-order valence-electron chi connectivity index (χ2n) is 6.95. The average molecular weight is 326 g/mol. The minimum atomic E-state index is -0.107. The van der Waals surface area contributed by atoms with Gasteiger partial charge in [-0.25, -0.2) is 0 Å². The highest BCUT2D eigenvalue weighted by atomic mass is 16.1. The van der Waals surface area contributed by atoms with E-state index in [0.29, 0.717) is 0 Å². The lowest BCUT2D eigenvalue weighted by atomic mass is 9.79. The van der Waals surface area contributed by atoms with Crippen molar-refractivity contribution in [1.82, 2.24) is 10.3 Å². The Bertz CT molecular complexity index is 836. The van der Waals surface area contributed by atoms with Gasteiger partial charge in [0, 0.05) is 29.5 Å². The smallest absolute Gasteiger partial charge is 0.248 e. The lowest BCUT2D eigenvalue weighted by Gasteiger charge is -2.26. The molecule has 1 unspecified atom stereocenters. The van der Waals surface area contributed by atoms with E-state index >= 15 is 0 Å². The second-order valence-corrected chi connectivity index (χ2v) is 6.95. The second kappa shape index (κ2) is 6.89.